The van der Waals surface area contributed by atoms with Crippen LogP contribution in [0.2, 0.25) is 0 Å². The van der Waals surface area contributed by atoms with Crippen molar-refractivity contribution in [3.05, 3.63) is 70.7 Å². The van der Waals surface area contributed by atoms with Crippen LogP contribution >= 0.6 is 11.3 Å². The average molecular weight is 336 g/mol. The van der Waals surface area contributed by atoms with E-state index < -0.39 is 0 Å². The minimum Gasteiger partial charge on any atom is -0.370 e. The van der Waals surface area contributed by atoms with E-state index in [0.29, 0.717) is 12.5 Å². The molecule has 3 N–H and O–H groups in total. The first kappa shape index (κ1) is 16.2. The molecule has 122 valence electrons. The van der Waals surface area contributed by atoms with Gasteiger partial charge in [-0.1, -0.05) is 36.4 Å². The van der Waals surface area contributed by atoms with Gasteiger partial charge in [-0.05, 0) is 37.1 Å². The van der Waals surface area contributed by atoms with E-state index in [0.717, 1.165) is 22.0 Å². The molecule has 0 saturated heterocycles. The highest BCUT2D eigenvalue weighted by Crippen LogP contribution is 2.23. The topological polar surface area (TPSA) is 63.3 Å². The van der Waals surface area contributed by atoms with Crippen molar-refractivity contribution in [1.29, 1.82) is 0 Å². The molecule has 1 heterocycles. The van der Waals surface area contributed by atoms with E-state index >= 15 is 0 Å². The molecule has 0 radical (unpaired) electrons. The van der Waals surface area contributed by atoms with Gasteiger partial charge in [-0.2, -0.15) is 0 Å². The van der Waals surface area contributed by atoms with Gasteiger partial charge in [0.2, 0.25) is 0 Å². The lowest BCUT2D eigenvalue weighted by molar-refractivity contribution is 1.01. The van der Waals surface area contributed by atoms with Gasteiger partial charge in [-0.25, -0.2) is 9.98 Å². The van der Waals surface area contributed by atoms with E-state index in [1.165, 1.54) is 11.1 Å². The van der Waals surface area contributed by atoms with Gasteiger partial charge in [-0.3, -0.25) is 0 Å². The summed E-state index contributed by atoms with van der Waals surface area (Å²) in [5.74, 6) is 0.397. The summed E-state index contributed by atoms with van der Waals surface area (Å²) in [5.41, 5.74) is 11.4. The van der Waals surface area contributed by atoms with E-state index in [1.54, 1.807) is 11.3 Å². The molecule has 0 spiro atoms. The van der Waals surface area contributed by atoms with E-state index in [4.69, 9.17) is 5.73 Å². The maximum Gasteiger partial charge on any atom is 0.193 e. The number of rotatable bonds is 4. The van der Waals surface area contributed by atoms with Crippen molar-refractivity contribution < 1.29 is 0 Å². The number of aliphatic imine (C=N–C) groups is 1. The van der Waals surface area contributed by atoms with Crippen molar-refractivity contribution in [1.82, 2.24) is 4.98 Å². The predicted octanol–water partition coefficient (Wildman–Crippen LogP) is 4.35. The van der Waals surface area contributed by atoms with E-state index in [-0.39, 0.29) is 0 Å². The molecular weight excluding hydrogens is 316 g/mol. The molecule has 1 aromatic heterocycles. The maximum atomic E-state index is 5.99. The highest BCUT2D eigenvalue weighted by molar-refractivity contribution is 7.13. The number of nitrogens with two attached hydrogens (primary N) is 1. The number of aromatic nitrogens is 1. The van der Waals surface area contributed by atoms with Crippen LogP contribution in [-0.2, 0) is 6.54 Å². The van der Waals surface area contributed by atoms with Gasteiger partial charge >= 0.3 is 0 Å². The zero-order valence-electron chi connectivity index (χ0n) is 13.8. The zero-order chi connectivity index (χ0) is 16.9. The standard InChI is InChI=1S/C19H20N4S/c1-13-8-14(2)10-16(9-13)23-19(20)21-11-17-12-24-18(22-17)15-6-4-3-5-7-15/h3-10,12H,11H2,1-2H3,(H3,20,21,23). The minimum atomic E-state index is 0.397. The quantitative estimate of drug-likeness (QED) is 0.550. The molecule has 5 heteroatoms. The van der Waals surface area contributed by atoms with Gasteiger partial charge in [0.15, 0.2) is 5.96 Å². The Bertz CT molecular complexity index is 833. The lowest BCUT2D eigenvalue weighted by Crippen LogP contribution is -2.22. The number of hydrogen-bond acceptors (Lipinski definition) is 3. The van der Waals surface area contributed by atoms with Crippen molar-refractivity contribution in [2.24, 2.45) is 10.7 Å². The Balaban J connectivity index is 1.66. The van der Waals surface area contributed by atoms with Crippen molar-refractivity contribution in [2.75, 3.05) is 5.32 Å². The van der Waals surface area contributed by atoms with E-state index in [1.807, 2.05) is 35.7 Å². The SMILES string of the molecule is Cc1cc(C)cc(NC(N)=NCc2csc(-c3ccccc3)n2)c1. The highest BCUT2D eigenvalue weighted by atomic mass is 32.1. The molecule has 0 saturated carbocycles. The number of benzene rings is 2. The largest absolute Gasteiger partial charge is 0.370 e. The summed E-state index contributed by atoms with van der Waals surface area (Å²) in [6.45, 7) is 4.59. The van der Waals surface area contributed by atoms with Crippen LogP contribution in [0, 0.1) is 13.8 Å². The van der Waals surface area contributed by atoms with E-state index in [9.17, 15) is 0 Å². The Morgan fingerprint density at radius 2 is 1.83 bits per heavy atom. The number of nitrogens with one attached hydrogen (secondary N) is 1. The van der Waals surface area contributed by atoms with Crippen LogP contribution in [0.4, 0.5) is 5.69 Å². The summed E-state index contributed by atoms with van der Waals surface area (Å²) in [6, 6.07) is 16.4. The summed E-state index contributed by atoms with van der Waals surface area (Å²) in [5, 5.41) is 6.16. The maximum absolute atomic E-state index is 5.99. The molecular formula is C19H20N4S. The van der Waals surface area contributed by atoms with Crippen molar-refractivity contribution in [3.63, 3.8) is 0 Å². The lowest BCUT2D eigenvalue weighted by atomic mass is 10.1. The summed E-state index contributed by atoms with van der Waals surface area (Å²) in [7, 11) is 0. The first-order valence-corrected chi connectivity index (χ1v) is 8.63. The highest BCUT2D eigenvalue weighted by Gasteiger charge is 2.04. The third-order valence-electron chi connectivity index (χ3n) is 3.48. The van der Waals surface area contributed by atoms with Crippen molar-refractivity contribution >= 4 is 23.0 Å². The van der Waals surface area contributed by atoms with Gasteiger partial charge in [0.05, 0.1) is 12.2 Å². The number of thiazole rings is 1. The molecule has 0 atom stereocenters. The van der Waals surface area contributed by atoms with Gasteiger partial charge in [0, 0.05) is 16.6 Å². The minimum absolute atomic E-state index is 0.397. The summed E-state index contributed by atoms with van der Waals surface area (Å²) in [6.07, 6.45) is 0. The molecule has 2 aromatic carbocycles. The van der Waals surface area contributed by atoms with Gasteiger partial charge in [-0.15, -0.1) is 11.3 Å². The zero-order valence-corrected chi connectivity index (χ0v) is 14.6. The fraction of sp³-hybridized carbons (Fsp3) is 0.158. The second-order valence-electron chi connectivity index (χ2n) is 5.71. The van der Waals surface area contributed by atoms with Gasteiger partial charge in [0.1, 0.15) is 5.01 Å². The van der Waals surface area contributed by atoms with E-state index in [2.05, 4.69) is 47.3 Å². The third-order valence-corrected chi connectivity index (χ3v) is 4.42. The molecule has 4 nitrogen and oxygen atoms in total. The molecule has 0 unspecified atom stereocenters. The average Bonchev–Trinajstić information content (AvgIpc) is 3.02. The van der Waals surface area contributed by atoms with Crippen LogP contribution in [0.15, 0.2) is 58.9 Å². The number of nitrogens with zero attached hydrogens (tertiary/aromatic N) is 2. The van der Waals surface area contributed by atoms with Crippen LogP contribution in [0.1, 0.15) is 16.8 Å². The molecule has 0 aliphatic heterocycles. The van der Waals surface area contributed by atoms with Crippen molar-refractivity contribution in [2.45, 2.75) is 20.4 Å². The third kappa shape index (κ3) is 4.20. The smallest absolute Gasteiger partial charge is 0.193 e. The normalized spacial score (nSPS) is 11.5. The fourth-order valence-corrected chi connectivity index (χ4v) is 3.31. The Morgan fingerprint density at radius 1 is 1.12 bits per heavy atom. The molecule has 3 rings (SSSR count). The van der Waals surface area contributed by atoms with Gasteiger partial charge < -0.3 is 11.1 Å². The molecule has 0 bridgehead atoms. The van der Waals surface area contributed by atoms with Crippen LogP contribution in [0.25, 0.3) is 10.6 Å². The summed E-state index contributed by atoms with van der Waals surface area (Å²) < 4.78 is 0. The van der Waals surface area contributed by atoms with Crippen LogP contribution < -0.4 is 11.1 Å². The Hall–Kier alpha value is -2.66. The fourth-order valence-electron chi connectivity index (χ4n) is 2.49. The van der Waals surface area contributed by atoms with Crippen LogP contribution in [-0.4, -0.2) is 10.9 Å². The second-order valence-corrected chi connectivity index (χ2v) is 6.57. The van der Waals surface area contributed by atoms with Crippen LogP contribution in [0.5, 0.6) is 0 Å². The predicted molar refractivity (Wildman–Crippen MR) is 102 cm³/mol. The summed E-state index contributed by atoms with van der Waals surface area (Å²) in [4.78, 5) is 9.00. The number of anilines is 1. The molecule has 24 heavy (non-hydrogen) atoms. The monoisotopic (exact) mass is 336 g/mol. The number of hydrogen-bond donors (Lipinski definition) is 2. The Kier molecular flexibility index (Phi) is 4.91. The number of aryl methyl sites for hydroxylation is 2. The lowest BCUT2D eigenvalue weighted by Gasteiger charge is -2.07. The first-order chi connectivity index (χ1) is 11.6. The Morgan fingerprint density at radius 3 is 2.54 bits per heavy atom. The second kappa shape index (κ2) is 7.27. The molecule has 0 aliphatic carbocycles. The molecule has 0 fully saturated rings. The first-order valence-electron chi connectivity index (χ1n) is 7.75. The Labute approximate surface area is 146 Å². The van der Waals surface area contributed by atoms with Crippen LogP contribution in [0.3, 0.4) is 0 Å². The molecule has 3 aromatic rings. The summed E-state index contributed by atoms with van der Waals surface area (Å²) >= 11 is 1.62. The van der Waals surface area contributed by atoms with Crippen molar-refractivity contribution in [3.8, 4) is 10.6 Å². The molecule has 0 amide bonds. The molecule has 0 aliphatic rings. The van der Waals surface area contributed by atoms with Gasteiger partial charge in [0.25, 0.3) is 0 Å². The number of guanidine groups is 1.